The topological polar surface area (TPSA) is 86.8 Å². The van der Waals surface area contributed by atoms with E-state index in [0.29, 0.717) is 27.4 Å². The normalized spacial score (nSPS) is 13.5. The molecule has 0 aliphatic rings. The van der Waals surface area contributed by atoms with Crippen molar-refractivity contribution in [1.29, 1.82) is 0 Å². The van der Waals surface area contributed by atoms with Gasteiger partial charge in [0.15, 0.2) is 0 Å². The largest absolute Gasteiger partial charge is 0.416 e. The predicted octanol–water partition coefficient (Wildman–Crippen LogP) is 4.85. The lowest BCUT2D eigenvalue weighted by molar-refractivity contribution is -0.140. The summed E-state index contributed by atoms with van der Waals surface area (Å²) >= 11 is 6.29. The van der Waals surface area contributed by atoms with Crippen molar-refractivity contribution in [3.8, 4) is 0 Å². The van der Waals surface area contributed by atoms with Crippen LogP contribution in [-0.2, 0) is 32.3 Å². The Morgan fingerprint density at radius 2 is 1.70 bits per heavy atom. The Bertz CT molecular complexity index is 1210. The van der Waals surface area contributed by atoms with Crippen molar-refractivity contribution in [1.82, 2.24) is 10.2 Å². The number of nitrogens with one attached hydrogen (secondary N) is 1. The van der Waals surface area contributed by atoms with Crippen molar-refractivity contribution < 1.29 is 31.2 Å². The van der Waals surface area contributed by atoms with Crippen LogP contribution in [0.5, 0.6) is 0 Å². The quantitative estimate of drug-likeness (QED) is 0.425. The molecule has 0 aliphatic heterocycles. The van der Waals surface area contributed by atoms with Gasteiger partial charge in [-0.3, -0.25) is 13.9 Å². The number of alkyl halides is 3. The third-order valence-corrected chi connectivity index (χ3v) is 7.34. The lowest BCUT2D eigenvalue weighted by atomic mass is 10.1. The minimum atomic E-state index is -4.71. The van der Waals surface area contributed by atoms with E-state index in [1.807, 2.05) is 13.8 Å². The highest BCUT2D eigenvalue weighted by Gasteiger charge is 2.34. The van der Waals surface area contributed by atoms with Gasteiger partial charge in [-0.05, 0) is 49.6 Å². The summed E-state index contributed by atoms with van der Waals surface area (Å²) in [5.74, 6) is -1.20. The van der Waals surface area contributed by atoms with Crippen LogP contribution in [-0.4, -0.2) is 50.0 Å². The number of hydrogen-bond acceptors (Lipinski definition) is 4. The monoisotopic (exact) mass is 561 g/mol. The van der Waals surface area contributed by atoms with Gasteiger partial charge in [0.25, 0.3) is 0 Å². The second-order valence-corrected chi connectivity index (χ2v) is 11.0. The lowest BCUT2D eigenvalue weighted by Crippen LogP contribution is -2.53. The molecule has 0 aromatic heterocycles. The standard InChI is InChI=1S/C25H31ClF3N3O4S/c1-5-17(3)30-24(34)22(6-2)31(15-18-10-7-8-13-21(18)26)23(33)16-32(37(4,35)36)20-12-9-11-19(14-20)25(27,28)29/h7-14,17,22H,5-6,15-16H2,1-4H3,(H,30,34)/t17-,22-/m0/s1. The number of rotatable bonds is 11. The Labute approximate surface area is 220 Å². The van der Waals surface area contributed by atoms with Gasteiger partial charge in [0.1, 0.15) is 12.6 Å². The summed E-state index contributed by atoms with van der Waals surface area (Å²) in [4.78, 5) is 27.9. The summed E-state index contributed by atoms with van der Waals surface area (Å²) < 4.78 is 65.6. The molecule has 0 unspecified atom stereocenters. The van der Waals surface area contributed by atoms with Crippen LogP contribution < -0.4 is 9.62 Å². The smallest absolute Gasteiger partial charge is 0.352 e. The summed E-state index contributed by atoms with van der Waals surface area (Å²) in [6.45, 7) is 4.49. The first-order chi connectivity index (χ1) is 17.2. The minimum absolute atomic E-state index is 0.106. The van der Waals surface area contributed by atoms with Crippen LogP contribution in [0.15, 0.2) is 48.5 Å². The Morgan fingerprint density at radius 1 is 1.05 bits per heavy atom. The zero-order valence-electron chi connectivity index (χ0n) is 21.0. The van der Waals surface area contributed by atoms with Crippen LogP contribution in [0.1, 0.15) is 44.7 Å². The van der Waals surface area contributed by atoms with Crippen LogP contribution >= 0.6 is 11.6 Å². The van der Waals surface area contributed by atoms with Gasteiger partial charge in [0.05, 0.1) is 17.5 Å². The maximum absolute atomic E-state index is 13.6. The van der Waals surface area contributed by atoms with Gasteiger partial charge in [-0.15, -0.1) is 0 Å². The van der Waals surface area contributed by atoms with E-state index >= 15 is 0 Å². The molecule has 0 heterocycles. The number of amides is 2. The first kappa shape index (κ1) is 30.4. The van der Waals surface area contributed by atoms with Gasteiger partial charge in [0, 0.05) is 17.6 Å². The molecule has 0 saturated carbocycles. The molecule has 12 heteroatoms. The number of nitrogens with zero attached hydrogens (tertiary/aromatic N) is 2. The maximum atomic E-state index is 13.6. The van der Waals surface area contributed by atoms with Crippen molar-refractivity contribution in [2.24, 2.45) is 0 Å². The first-order valence-corrected chi connectivity index (χ1v) is 13.9. The Balaban J connectivity index is 2.51. The highest BCUT2D eigenvalue weighted by atomic mass is 35.5. The molecular formula is C25H31ClF3N3O4S. The van der Waals surface area contributed by atoms with E-state index < -0.39 is 46.2 Å². The molecule has 37 heavy (non-hydrogen) atoms. The molecule has 2 aromatic carbocycles. The summed E-state index contributed by atoms with van der Waals surface area (Å²) in [7, 11) is -4.17. The fraction of sp³-hybridized carbons (Fsp3) is 0.440. The number of carbonyl (C=O) groups is 2. The average Bonchev–Trinajstić information content (AvgIpc) is 2.82. The highest BCUT2D eigenvalue weighted by molar-refractivity contribution is 7.92. The van der Waals surface area contributed by atoms with E-state index in [1.54, 1.807) is 31.2 Å². The van der Waals surface area contributed by atoms with Gasteiger partial charge >= 0.3 is 6.18 Å². The molecule has 0 saturated heterocycles. The summed E-state index contributed by atoms with van der Waals surface area (Å²) in [6.07, 6.45) is -3.05. The Kier molecular flexibility index (Phi) is 10.4. The van der Waals surface area contributed by atoms with E-state index in [-0.39, 0.29) is 24.7 Å². The van der Waals surface area contributed by atoms with E-state index in [2.05, 4.69) is 5.32 Å². The van der Waals surface area contributed by atoms with Crippen molar-refractivity contribution in [3.63, 3.8) is 0 Å². The lowest BCUT2D eigenvalue weighted by Gasteiger charge is -2.33. The molecule has 2 atom stereocenters. The molecule has 2 aromatic rings. The van der Waals surface area contributed by atoms with E-state index in [1.165, 1.54) is 11.0 Å². The maximum Gasteiger partial charge on any atom is 0.416 e. The number of benzene rings is 2. The van der Waals surface area contributed by atoms with Gasteiger partial charge in [0.2, 0.25) is 21.8 Å². The number of sulfonamides is 1. The predicted molar refractivity (Wildman–Crippen MR) is 138 cm³/mol. The van der Waals surface area contributed by atoms with Gasteiger partial charge < -0.3 is 10.2 Å². The number of halogens is 4. The molecule has 0 aliphatic carbocycles. The molecular weight excluding hydrogens is 531 g/mol. The van der Waals surface area contributed by atoms with Crippen LogP contribution in [0, 0.1) is 0 Å². The number of carbonyl (C=O) groups excluding carboxylic acids is 2. The number of anilines is 1. The molecule has 0 spiro atoms. The average molecular weight is 562 g/mol. The Hall–Kier alpha value is -2.79. The van der Waals surface area contributed by atoms with Crippen LogP contribution in [0.2, 0.25) is 5.02 Å². The highest BCUT2D eigenvalue weighted by Crippen LogP contribution is 2.32. The van der Waals surface area contributed by atoms with E-state index in [0.717, 1.165) is 18.4 Å². The van der Waals surface area contributed by atoms with Gasteiger partial charge in [-0.1, -0.05) is 49.7 Å². The van der Waals surface area contributed by atoms with Gasteiger partial charge in [-0.25, -0.2) is 8.42 Å². The second kappa shape index (κ2) is 12.6. The SMILES string of the molecule is CC[C@H](C)NC(=O)[C@H](CC)N(Cc1ccccc1Cl)C(=O)CN(c1cccc(C(F)(F)F)c1)S(C)(=O)=O. The summed E-state index contributed by atoms with van der Waals surface area (Å²) in [5, 5.41) is 3.18. The molecule has 0 bridgehead atoms. The van der Waals surface area contributed by atoms with Crippen LogP contribution in [0.25, 0.3) is 0 Å². The molecule has 2 rings (SSSR count). The molecule has 0 fully saturated rings. The van der Waals surface area contributed by atoms with E-state index in [4.69, 9.17) is 11.6 Å². The van der Waals surface area contributed by atoms with Gasteiger partial charge in [-0.2, -0.15) is 13.2 Å². The molecule has 204 valence electrons. The van der Waals surface area contributed by atoms with Crippen molar-refractivity contribution in [2.75, 3.05) is 17.1 Å². The van der Waals surface area contributed by atoms with Crippen molar-refractivity contribution in [3.05, 3.63) is 64.7 Å². The zero-order valence-corrected chi connectivity index (χ0v) is 22.6. The van der Waals surface area contributed by atoms with E-state index in [9.17, 15) is 31.2 Å². The fourth-order valence-electron chi connectivity index (χ4n) is 3.62. The molecule has 2 amide bonds. The van der Waals surface area contributed by atoms with Crippen LogP contribution in [0.4, 0.5) is 18.9 Å². The molecule has 0 radical (unpaired) electrons. The molecule has 1 N–H and O–H groups in total. The van der Waals surface area contributed by atoms with Crippen molar-refractivity contribution >= 4 is 39.1 Å². The zero-order chi connectivity index (χ0) is 28.0. The third-order valence-electron chi connectivity index (χ3n) is 5.83. The summed E-state index contributed by atoms with van der Waals surface area (Å²) in [5.41, 5.74) is -0.851. The first-order valence-electron chi connectivity index (χ1n) is 11.7. The third kappa shape index (κ3) is 8.36. The van der Waals surface area contributed by atoms with Crippen molar-refractivity contribution in [2.45, 2.75) is 58.4 Å². The molecule has 7 nitrogen and oxygen atoms in total. The van der Waals surface area contributed by atoms with Crippen LogP contribution in [0.3, 0.4) is 0 Å². The number of hydrogen-bond donors (Lipinski definition) is 1. The Morgan fingerprint density at radius 3 is 2.24 bits per heavy atom. The summed E-state index contributed by atoms with van der Waals surface area (Å²) in [6, 6.07) is 9.26. The second-order valence-electron chi connectivity index (χ2n) is 8.67. The fourth-order valence-corrected chi connectivity index (χ4v) is 4.66. The minimum Gasteiger partial charge on any atom is -0.352 e.